The smallest absolute Gasteiger partial charge is 0.328 e. The molecule has 1 amide bonds. The second kappa shape index (κ2) is 6.32. The van der Waals surface area contributed by atoms with Crippen molar-refractivity contribution in [1.29, 1.82) is 0 Å². The number of amides is 1. The van der Waals surface area contributed by atoms with E-state index in [-0.39, 0.29) is 5.49 Å². The Kier molecular flexibility index (Phi) is 4.69. The van der Waals surface area contributed by atoms with Crippen molar-refractivity contribution in [2.75, 3.05) is 0 Å². The lowest BCUT2D eigenvalue weighted by atomic mass is 10.3. The van der Waals surface area contributed by atoms with Gasteiger partial charge in [0, 0.05) is 12.4 Å². The van der Waals surface area contributed by atoms with Crippen molar-refractivity contribution < 1.29 is 13.6 Å². The molecule has 0 radical (unpaired) electrons. The molecule has 2 rings (SSSR count). The van der Waals surface area contributed by atoms with Gasteiger partial charge in [-0.1, -0.05) is 23.7 Å². The first-order valence-electron chi connectivity index (χ1n) is 5.78. The van der Waals surface area contributed by atoms with Gasteiger partial charge in [0.2, 0.25) is 0 Å². The number of alkyl halides is 3. The molecule has 0 saturated carbocycles. The van der Waals surface area contributed by atoms with E-state index in [1.54, 1.807) is 36.7 Å². The molecule has 110 valence electrons. The van der Waals surface area contributed by atoms with E-state index in [1.165, 1.54) is 10.6 Å². The molecule has 0 aliphatic carbocycles. The van der Waals surface area contributed by atoms with E-state index >= 15 is 0 Å². The molecular weight excluding hydrogens is 323 g/mol. The van der Waals surface area contributed by atoms with Crippen LogP contribution in [0.15, 0.2) is 47.7 Å². The van der Waals surface area contributed by atoms with Gasteiger partial charge in [-0.25, -0.2) is 4.98 Å². The molecule has 0 fully saturated rings. The van der Waals surface area contributed by atoms with E-state index in [0.29, 0.717) is 11.7 Å². The van der Waals surface area contributed by atoms with Crippen LogP contribution in [-0.2, 0) is 11.3 Å². The summed E-state index contributed by atoms with van der Waals surface area (Å²) in [7, 11) is 0. The topological polar surface area (TPSA) is 47.2 Å². The molecule has 0 spiro atoms. The molecule has 0 aliphatic rings. The van der Waals surface area contributed by atoms with Gasteiger partial charge in [0.05, 0.1) is 6.54 Å². The highest BCUT2D eigenvalue weighted by molar-refractivity contribution is 6.32. The van der Waals surface area contributed by atoms with Gasteiger partial charge < -0.3 is 4.57 Å². The van der Waals surface area contributed by atoms with Gasteiger partial charge >= 0.3 is 11.3 Å². The zero-order chi connectivity index (χ0) is 15.5. The van der Waals surface area contributed by atoms with Crippen LogP contribution >= 0.6 is 23.2 Å². The van der Waals surface area contributed by atoms with Crippen LogP contribution in [0.25, 0.3) is 0 Å². The number of hydrogen-bond donors (Lipinski definition) is 0. The molecule has 0 saturated heterocycles. The summed E-state index contributed by atoms with van der Waals surface area (Å²) in [6, 6.07) is 8.04. The number of pyridine rings is 2. The summed E-state index contributed by atoms with van der Waals surface area (Å²) < 4.78 is 26.9. The quantitative estimate of drug-likeness (QED) is 0.641. The zero-order valence-corrected chi connectivity index (χ0v) is 12.0. The summed E-state index contributed by atoms with van der Waals surface area (Å²) in [4.78, 5) is 18.4. The van der Waals surface area contributed by atoms with Crippen LogP contribution in [0.5, 0.6) is 0 Å². The maximum absolute atomic E-state index is 12.7. The Morgan fingerprint density at radius 1 is 1.33 bits per heavy atom. The summed E-state index contributed by atoms with van der Waals surface area (Å²) in [5.74, 6) is -1.71. The van der Waals surface area contributed by atoms with E-state index in [1.807, 2.05) is 0 Å². The standard InChI is InChI=1S/C13H9Cl2F2N3O/c14-10-5-4-9(7-18-10)8-20-6-2-1-3-11(20)19-12(21)13(15,16)17/h1-7H,8H2/b19-11+. The van der Waals surface area contributed by atoms with Crippen molar-refractivity contribution in [1.82, 2.24) is 9.55 Å². The summed E-state index contributed by atoms with van der Waals surface area (Å²) in [6.45, 7) is 0.297. The average Bonchev–Trinajstić information content (AvgIpc) is 2.42. The van der Waals surface area contributed by atoms with Gasteiger partial charge in [0.1, 0.15) is 10.6 Å². The predicted octanol–water partition coefficient (Wildman–Crippen LogP) is 2.84. The van der Waals surface area contributed by atoms with Gasteiger partial charge in [0.15, 0.2) is 0 Å². The molecule has 0 atom stereocenters. The molecule has 21 heavy (non-hydrogen) atoms. The fourth-order valence-electron chi connectivity index (χ4n) is 1.57. The van der Waals surface area contributed by atoms with Crippen LogP contribution in [-0.4, -0.2) is 20.8 Å². The van der Waals surface area contributed by atoms with Gasteiger partial charge in [-0.05, 0) is 35.4 Å². The Morgan fingerprint density at radius 2 is 2.10 bits per heavy atom. The molecule has 0 aromatic carbocycles. The molecule has 4 nitrogen and oxygen atoms in total. The number of halogens is 4. The minimum atomic E-state index is -4.02. The largest absolute Gasteiger partial charge is 0.402 e. The fraction of sp³-hybridized carbons (Fsp3) is 0.154. The average molecular weight is 332 g/mol. The van der Waals surface area contributed by atoms with E-state index in [9.17, 15) is 13.6 Å². The van der Waals surface area contributed by atoms with Crippen LogP contribution in [0.4, 0.5) is 8.78 Å². The number of hydrogen-bond acceptors (Lipinski definition) is 2. The molecule has 0 unspecified atom stereocenters. The maximum Gasteiger partial charge on any atom is 0.402 e. The van der Waals surface area contributed by atoms with Gasteiger partial charge in [-0.2, -0.15) is 13.8 Å². The SMILES string of the molecule is O=C(/N=c1\ccccn1Cc1ccc(Cl)nc1)C(F)(F)Cl. The Hall–Kier alpha value is -1.79. The monoisotopic (exact) mass is 331 g/mol. The number of carbonyl (C=O) groups excluding carboxylic acids is 1. The third-order valence-electron chi connectivity index (χ3n) is 2.52. The number of aromatic nitrogens is 2. The molecule has 0 bridgehead atoms. The molecular formula is C13H9Cl2F2N3O. The Bertz CT molecular complexity index is 708. The lowest BCUT2D eigenvalue weighted by molar-refractivity contribution is -0.132. The van der Waals surface area contributed by atoms with Crippen molar-refractivity contribution in [3.63, 3.8) is 0 Å². The van der Waals surface area contributed by atoms with Gasteiger partial charge in [0.25, 0.3) is 0 Å². The first kappa shape index (κ1) is 15.6. The zero-order valence-electron chi connectivity index (χ0n) is 10.5. The second-order valence-corrected chi connectivity index (χ2v) is 4.95. The van der Waals surface area contributed by atoms with Gasteiger partial charge in [-0.3, -0.25) is 4.79 Å². The van der Waals surface area contributed by atoms with Crippen LogP contribution < -0.4 is 5.49 Å². The summed E-state index contributed by atoms with van der Waals surface area (Å²) in [5, 5.41) is -3.67. The normalized spacial score (nSPS) is 12.5. The lowest BCUT2D eigenvalue weighted by Gasteiger charge is -2.08. The molecule has 0 N–H and O–H groups in total. The van der Waals surface area contributed by atoms with Crippen molar-refractivity contribution in [3.8, 4) is 0 Å². The van der Waals surface area contributed by atoms with Crippen LogP contribution in [0, 0.1) is 0 Å². The minimum Gasteiger partial charge on any atom is -0.328 e. The Labute approximate surface area is 128 Å². The fourth-order valence-corrected chi connectivity index (χ4v) is 1.72. The lowest BCUT2D eigenvalue weighted by Crippen LogP contribution is -2.27. The van der Waals surface area contributed by atoms with Crippen molar-refractivity contribution >= 4 is 29.1 Å². The van der Waals surface area contributed by atoms with E-state index in [2.05, 4.69) is 21.6 Å². The van der Waals surface area contributed by atoms with E-state index < -0.39 is 11.3 Å². The Balaban J connectivity index is 2.35. The second-order valence-electron chi connectivity index (χ2n) is 4.09. The molecule has 2 aromatic rings. The maximum atomic E-state index is 12.7. The van der Waals surface area contributed by atoms with Crippen molar-refractivity contribution in [3.05, 3.63) is 58.9 Å². The molecule has 8 heteroatoms. The summed E-state index contributed by atoms with van der Waals surface area (Å²) in [6.07, 6.45) is 3.15. The highest BCUT2D eigenvalue weighted by Crippen LogP contribution is 2.19. The Morgan fingerprint density at radius 3 is 2.71 bits per heavy atom. The molecule has 2 heterocycles. The van der Waals surface area contributed by atoms with Crippen LogP contribution in [0.3, 0.4) is 0 Å². The van der Waals surface area contributed by atoms with Crippen LogP contribution in [0.2, 0.25) is 5.15 Å². The summed E-state index contributed by atoms with van der Waals surface area (Å²) >= 11 is 10.3. The minimum absolute atomic E-state index is 0.0674. The highest BCUT2D eigenvalue weighted by Gasteiger charge is 2.35. The molecule has 2 aromatic heterocycles. The van der Waals surface area contributed by atoms with E-state index in [4.69, 9.17) is 11.6 Å². The third kappa shape index (κ3) is 4.34. The van der Waals surface area contributed by atoms with Crippen molar-refractivity contribution in [2.24, 2.45) is 4.99 Å². The van der Waals surface area contributed by atoms with Gasteiger partial charge in [-0.15, -0.1) is 0 Å². The number of rotatable bonds is 3. The van der Waals surface area contributed by atoms with E-state index in [0.717, 1.165) is 5.56 Å². The number of nitrogens with zero attached hydrogens (tertiary/aromatic N) is 3. The summed E-state index contributed by atoms with van der Waals surface area (Å²) in [5.41, 5.74) is 0.843. The predicted molar refractivity (Wildman–Crippen MR) is 74.2 cm³/mol. The van der Waals surface area contributed by atoms with Crippen molar-refractivity contribution in [2.45, 2.75) is 11.9 Å². The number of carbonyl (C=O) groups is 1. The third-order valence-corrected chi connectivity index (χ3v) is 2.90. The van der Waals surface area contributed by atoms with Crippen LogP contribution in [0.1, 0.15) is 5.56 Å². The molecule has 0 aliphatic heterocycles. The highest BCUT2D eigenvalue weighted by atomic mass is 35.5. The first-order chi connectivity index (χ1) is 9.86. The first-order valence-corrected chi connectivity index (χ1v) is 6.53.